The van der Waals surface area contributed by atoms with Gasteiger partial charge in [0.1, 0.15) is 11.7 Å². The van der Waals surface area contributed by atoms with Crippen molar-refractivity contribution in [3.63, 3.8) is 0 Å². The van der Waals surface area contributed by atoms with Crippen LogP contribution in [0, 0.1) is 22.7 Å². The average Bonchev–Trinajstić information content (AvgIpc) is 2.51. The maximum atomic E-state index is 12.6. The molecule has 0 aromatic rings. The Bertz CT molecular complexity index is 667. The minimum Gasteiger partial charge on any atom is -0.462 e. The Morgan fingerprint density at radius 2 is 1.73 bits per heavy atom. The van der Waals surface area contributed by atoms with Gasteiger partial charge in [-0.05, 0) is 44.4 Å². The van der Waals surface area contributed by atoms with Crippen molar-refractivity contribution in [2.24, 2.45) is 22.7 Å². The average molecular weight is 364 g/mol. The molecule has 0 aromatic heterocycles. The van der Waals surface area contributed by atoms with E-state index in [2.05, 4.69) is 27.7 Å². The molecule has 0 spiro atoms. The number of hydrogen-bond donors (Lipinski definition) is 2. The smallest absolute Gasteiger partial charge is 0.286 e. The highest BCUT2D eigenvalue weighted by Gasteiger charge is 2.66. The van der Waals surface area contributed by atoms with Crippen LogP contribution in [0.25, 0.3) is 0 Å². The second-order valence-electron chi connectivity index (χ2n) is 10.0. The quantitative estimate of drug-likeness (QED) is 0.691. The van der Waals surface area contributed by atoms with E-state index in [-0.39, 0.29) is 29.1 Å². The van der Waals surface area contributed by atoms with Gasteiger partial charge in [-0.3, -0.25) is 4.79 Å². The lowest BCUT2D eigenvalue weighted by molar-refractivity contribution is -0.258. The Labute approximate surface area is 155 Å². The van der Waals surface area contributed by atoms with Crippen molar-refractivity contribution >= 4 is 5.78 Å². The summed E-state index contributed by atoms with van der Waals surface area (Å²) in [6, 6.07) is 0. The van der Waals surface area contributed by atoms with Crippen LogP contribution in [-0.4, -0.2) is 39.9 Å². The minimum absolute atomic E-state index is 0.0234. The topological polar surface area (TPSA) is 76.0 Å². The predicted octanol–water partition coefficient (Wildman–Crippen LogP) is 2.94. The molecule has 0 amide bonds. The van der Waals surface area contributed by atoms with Gasteiger partial charge in [-0.25, -0.2) is 0 Å². The molecule has 146 valence electrons. The number of ketones is 1. The van der Waals surface area contributed by atoms with Crippen molar-refractivity contribution in [2.45, 2.75) is 90.6 Å². The molecule has 0 unspecified atom stereocenters. The fourth-order valence-electron chi connectivity index (χ4n) is 6.51. The summed E-state index contributed by atoms with van der Waals surface area (Å²) in [5.41, 5.74) is -0.479. The maximum Gasteiger partial charge on any atom is 0.286 e. The Morgan fingerprint density at radius 1 is 1.04 bits per heavy atom. The van der Waals surface area contributed by atoms with Crippen LogP contribution in [-0.2, 0) is 14.3 Å². The molecule has 0 aromatic carbocycles. The first kappa shape index (κ1) is 18.3. The number of ether oxygens (including phenoxy) is 2. The van der Waals surface area contributed by atoms with Crippen LogP contribution in [0.1, 0.15) is 66.7 Å². The fourth-order valence-corrected chi connectivity index (χ4v) is 6.51. The van der Waals surface area contributed by atoms with Crippen molar-refractivity contribution in [1.82, 2.24) is 0 Å². The number of hydrogen-bond acceptors (Lipinski definition) is 5. The molecule has 5 heteroatoms. The van der Waals surface area contributed by atoms with Gasteiger partial charge in [0.2, 0.25) is 0 Å². The highest BCUT2D eigenvalue weighted by molar-refractivity contribution is 5.96. The molecule has 2 saturated carbocycles. The molecule has 0 bridgehead atoms. The van der Waals surface area contributed by atoms with E-state index in [0.29, 0.717) is 30.8 Å². The van der Waals surface area contributed by atoms with Crippen LogP contribution < -0.4 is 0 Å². The molecular weight excluding hydrogens is 332 g/mol. The lowest BCUT2D eigenvalue weighted by atomic mass is 9.43. The molecule has 2 aliphatic carbocycles. The van der Waals surface area contributed by atoms with E-state index in [1.54, 1.807) is 0 Å². The van der Waals surface area contributed by atoms with Crippen LogP contribution in [0.4, 0.5) is 0 Å². The molecule has 2 fully saturated rings. The molecule has 2 heterocycles. The van der Waals surface area contributed by atoms with Crippen molar-refractivity contribution in [3.8, 4) is 0 Å². The number of allylic oxidation sites excluding steroid dienone is 1. The van der Waals surface area contributed by atoms with E-state index in [1.807, 2.05) is 6.92 Å². The first-order valence-electron chi connectivity index (χ1n) is 9.98. The number of rotatable bonds is 0. The lowest BCUT2D eigenvalue weighted by Crippen LogP contribution is -2.67. The van der Waals surface area contributed by atoms with Gasteiger partial charge in [0.25, 0.3) is 5.95 Å². The van der Waals surface area contributed by atoms with Crippen LogP contribution in [0.3, 0.4) is 0 Å². The molecular formula is C21H32O5. The minimum atomic E-state index is -0.607. The summed E-state index contributed by atoms with van der Waals surface area (Å²) in [4.78, 5) is 12.6. The van der Waals surface area contributed by atoms with Crippen molar-refractivity contribution in [2.75, 3.05) is 0 Å². The van der Waals surface area contributed by atoms with Crippen LogP contribution >= 0.6 is 0 Å². The summed E-state index contributed by atoms with van der Waals surface area (Å²) in [7, 11) is 0. The number of carbonyl (C=O) groups excluding carboxylic acids is 1. The van der Waals surface area contributed by atoms with Crippen molar-refractivity contribution in [3.05, 3.63) is 11.5 Å². The molecule has 0 saturated heterocycles. The van der Waals surface area contributed by atoms with Gasteiger partial charge >= 0.3 is 0 Å². The molecule has 2 aliphatic heterocycles. The molecule has 7 atom stereocenters. The maximum absolute atomic E-state index is 12.6. The number of fused-ring (bicyclic) bond motifs is 3. The van der Waals surface area contributed by atoms with E-state index in [4.69, 9.17) is 9.47 Å². The predicted molar refractivity (Wildman–Crippen MR) is 96.0 cm³/mol. The first-order valence-corrected chi connectivity index (χ1v) is 9.98. The third-order valence-corrected chi connectivity index (χ3v) is 8.19. The van der Waals surface area contributed by atoms with Crippen LogP contribution in [0.15, 0.2) is 11.5 Å². The first-order chi connectivity index (χ1) is 12.0. The molecule has 5 nitrogen and oxygen atoms in total. The lowest BCUT2D eigenvalue weighted by Gasteiger charge is -2.65. The zero-order chi connectivity index (χ0) is 19.1. The molecule has 4 aliphatic rings. The van der Waals surface area contributed by atoms with Gasteiger partial charge in [-0.1, -0.05) is 20.8 Å². The molecule has 4 rings (SSSR count). The second-order valence-corrected chi connectivity index (χ2v) is 10.0. The van der Waals surface area contributed by atoms with E-state index in [0.717, 1.165) is 12.8 Å². The second kappa shape index (κ2) is 5.48. The monoisotopic (exact) mass is 364 g/mol. The number of aliphatic hydroxyl groups is 2. The van der Waals surface area contributed by atoms with Crippen LogP contribution in [0.5, 0.6) is 0 Å². The molecule has 0 radical (unpaired) electrons. The van der Waals surface area contributed by atoms with Crippen LogP contribution in [0.2, 0.25) is 0 Å². The number of Topliss-reactive ketones (excluding diaryl/α,β-unsaturated/α-hetero) is 1. The van der Waals surface area contributed by atoms with Gasteiger partial charge < -0.3 is 19.7 Å². The summed E-state index contributed by atoms with van der Waals surface area (Å²) in [6.07, 6.45) is 1.80. The third-order valence-electron chi connectivity index (χ3n) is 8.19. The standard InChI is InChI=1S/C21H32O5/c1-11-8-13(22)12-9-15-20(4,26-18(12)25-11)7-6-14-19(2,3)16(23)10-17(24)21(14,15)5/h11,14-17,23-24H,6-10H2,1-5H3/t11-,14-,15+,16-,17+,20-,21+/m1/s1. The highest BCUT2D eigenvalue weighted by atomic mass is 16.7. The SMILES string of the molecule is C[C@@H]1CC(=O)C2=C(O1)O[C@]1(C)CC[C@@H]3C(C)(C)[C@H](O)C[C@H](O)[C@]3(C)[C@H]1C2. The Balaban J connectivity index is 1.78. The summed E-state index contributed by atoms with van der Waals surface area (Å²) in [6.45, 7) is 10.4. The number of aliphatic hydroxyl groups excluding tert-OH is 2. The Kier molecular flexibility index (Phi) is 3.86. The van der Waals surface area contributed by atoms with E-state index in [1.165, 1.54) is 0 Å². The molecule has 26 heavy (non-hydrogen) atoms. The van der Waals surface area contributed by atoms with E-state index < -0.39 is 23.2 Å². The fraction of sp³-hybridized carbons (Fsp3) is 0.857. The van der Waals surface area contributed by atoms with E-state index >= 15 is 0 Å². The summed E-state index contributed by atoms with van der Waals surface area (Å²) < 4.78 is 12.2. The normalized spacial score (nSPS) is 50.1. The summed E-state index contributed by atoms with van der Waals surface area (Å²) in [5, 5.41) is 21.7. The van der Waals surface area contributed by atoms with Gasteiger partial charge in [0.05, 0.1) is 17.8 Å². The summed E-state index contributed by atoms with van der Waals surface area (Å²) in [5.74, 6) is 0.724. The summed E-state index contributed by atoms with van der Waals surface area (Å²) >= 11 is 0. The van der Waals surface area contributed by atoms with Gasteiger partial charge in [0, 0.05) is 24.2 Å². The van der Waals surface area contributed by atoms with Gasteiger partial charge in [-0.15, -0.1) is 0 Å². The highest BCUT2D eigenvalue weighted by Crippen LogP contribution is 2.65. The largest absolute Gasteiger partial charge is 0.462 e. The Hall–Kier alpha value is -1.07. The van der Waals surface area contributed by atoms with Gasteiger partial charge in [-0.2, -0.15) is 0 Å². The van der Waals surface area contributed by atoms with E-state index in [9.17, 15) is 15.0 Å². The van der Waals surface area contributed by atoms with Gasteiger partial charge in [0.15, 0.2) is 5.78 Å². The van der Waals surface area contributed by atoms with Crippen molar-refractivity contribution in [1.29, 1.82) is 0 Å². The number of carbonyl (C=O) groups is 1. The molecule has 2 N–H and O–H groups in total. The zero-order valence-electron chi connectivity index (χ0n) is 16.5. The van der Waals surface area contributed by atoms with Crippen molar-refractivity contribution < 1.29 is 24.5 Å². The Morgan fingerprint density at radius 3 is 2.42 bits per heavy atom. The third kappa shape index (κ3) is 2.26. The zero-order valence-corrected chi connectivity index (χ0v) is 16.5.